The van der Waals surface area contributed by atoms with Crippen molar-refractivity contribution in [1.29, 1.82) is 0 Å². The number of carbonyl (C=O) groups is 1. The van der Waals surface area contributed by atoms with Crippen molar-refractivity contribution in [2.24, 2.45) is 11.7 Å². The molecule has 0 amide bonds. The van der Waals surface area contributed by atoms with Crippen molar-refractivity contribution in [2.45, 2.75) is 44.7 Å². The molecule has 1 atom stereocenters. The lowest BCUT2D eigenvalue weighted by Crippen LogP contribution is -2.41. The van der Waals surface area contributed by atoms with Gasteiger partial charge >= 0.3 is 5.97 Å². The van der Waals surface area contributed by atoms with Crippen LogP contribution < -0.4 is 5.73 Å². The zero-order valence-electron chi connectivity index (χ0n) is 10.3. The Bertz CT molecular complexity index is 421. The lowest BCUT2D eigenvalue weighted by Gasteiger charge is -2.17. The standard InChI is InChI=1S/C12H19N3O2/c1-8(2)6-15-7-9(5-14-15)12(3-4-12)10(13)11(16)17/h5,7-8,10H,3-4,6,13H2,1-2H3,(H,16,17). The second-order valence-electron chi connectivity index (χ2n) is 5.32. The summed E-state index contributed by atoms with van der Waals surface area (Å²) >= 11 is 0. The molecule has 1 aromatic heterocycles. The van der Waals surface area contributed by atoms with Crippen molar-refractivity contribution in [2.75, 3.05) is 0 Å². The van der Waals surface area contributed by atoms with Crippen molar-refractivity contribution in [3.63, 3.8) is 0 Å². The van der Waals surface area contributed by atoms with Crippen LogP contribution in [0.15, 0.2) is 12.4 Å². The molecule has 94 valence electrons. The smallest absolute Gasteiger partial charge is 0.321 e. The minimum absolute atomic E-state index is 0.374. The molecule has 3 N–H and O–H groups in total. The van der Waals surface area contributed by atoms with Crippen LogP contribution in [0.2, 0.25) is 0 Å². The second-order valence-corrected chi connectivity index (χ2v) is 5.32. The summed E-state index contributed by atoms with van der Waals surface area (Å²) in [6.07, 6.45) is 5.38. The first-order valence-corrected chi connectivity index (χ1v) is 5.97. The molecule has 0 saturated heterocycles. The fourth-order valence-corrected chi connectivity index (χ4v) is 2.24. The van der Waals surface area contributed by atoms with Gasteiger partial charge in [0.15, 0.2) is 0 Å². The van der Waals surface area contributed by atoms with Crippen LogP contribution in [0.5, 0.6) is 0 Å². The highest BCUT2D eigenvalue weighted by atomic mass is 16.4. The summed E-state index contributed by atoms with van der Waals surface area (Å²) in [5, 5.41) is 13.3. The van der Waals surface area contributed by atoms with E-state index in [9.17, 15) is 4.79 Å². The number of hydrogen-bond acceptors (Lipinski definition) is 3. The lowest BCUT2D eigenvalue weighted by molar-refractivity contribution is -0.139. The number of nitrogens with two attached hydrogens (primary N) is 1. The highest BCUT2D eigenvalue weighted by Gasteiger charge is 2.53. The first-order chi connectivity index (χ1) is 7.95. The minimum Gasteiger partial charge on any atom is -0.480 e. The van der Waals surface area contributed by atoms with Crippen molar-refractivity contribution in [3.05, 3.63) is 18.0 Å². The molecule has 5 nitrogen and oxygen atoms in total. The second kappa shape index (κ2) is 4.14. The molecule has 1 saturated carbocycles. The predicted molar refractivity (Wildman–Crippen MR) is 63.6 cm³/mol. The van der Waals surface area contributed by atoms with Gasteiger partial charge in [-0.05, 0) is 24.3 Å². The van der Waals surface area contributed by atoms with E-state index in [0.717, 1.165) is 24.9 Å². The number of aromatic nitrogens is 2. The molecular formula is C12H19N3O2. The Hall–Kier alpha value is -1.36. The molecular weight excluding hydrogens is 218 g/mol. The molecule has 5 heteroatoms. The number of rotatable bonds is 5. The maximum atomic E-state index is 11.0. The van der Waals surface area contributed by atoms with E-state index in [0.29, 0.717) is 5.92 Å². The largest absolute Gasteiger partial charge is 0.480 e. The molecule has 1 aliphatic rings. The van der Waals surface area contributed by atoms with Gasteiger partial charge < -0.3 is 10.8 Å². The zero-order chi connectivity index (χ0) is 12.6. The van der Waals surface area contributed by atoms with Crippen LogP contribution in [0.1, 0.15) is 32.3 Å². The van der Waals surface area contributed by atoms with Gasteiger partial charge in [0.05, 0.1) is 6.20 Å². The van der Waals surface area contributed by atoms with E-state index in [2.05, 4.69) is 18.9 Å². The van der Waals surface area contributed by atoms with Crippen molar-refractivity contribution >= 4 is 5.97 Å². The molecule has 1 aromatic rings. The Balaban J connectivity index is 2.17. The van der Waals surface area contributed by atoms with E-state index >= 15 is 0 Å². The van der Waals surface area contributed by atoms with Crippen molar-refractivity contribution in [1.82, 2.24) is 9.78 Å². The molecule has 0 radical (unpaired) electrons. The van der Waals surface area contributed by atoms with Gasteiger partial charge in [-0.1, -0.05) is 13.8 Å². The molecule has 0 spiro atoms. The Kier molecular flexibility index (Phi) is 2.95. The van der Waals surface area contributed by atoms with E-state index in [-0.39, 0.29) is 5.41 Å². The molecule has 0 aliphatic heterocycles. The van der Waals surface area contributed by atoms with Gasteiger partial charge in [-0.3, -0.25) is 9.48 Å². The number of aliphatic carboxylic acids is 1. The van der Waals surface area contributed by atoms with Crippen LogP contribution in [-0.4, -0.2) is 26.9 Å². The van der Waals surface area contributed by atoms with Crippen molar-refractivity contribution in [3.8, 4) is 0 Å². The number of nitrogens with zero attached hydrogens (tertiary/aromatic N) is 2. The number of carboxylic acid groups (broad SMARTS) is 1. The van der Waals surface area contributed by atoms with E-state index < -0.39 is 12.0 Å². The van der Waals surface area contributed by atoms with E-state index in [1.54, 1.807) is 6.20 Å². The fraction of sp³-hybridized carbons (Fsp3) is 0.667. The molecule has 0 aromatic carbocycles. The minimum atomic E-state index is -0.931. The summed E-state index contributed by atoms with van der Waals surface area (Å²) in [6, 6.07) is -0.820. The summed E-state index contributed by atoms with van der Waals surface area (Å²) in [6.45, 7) is 5.09. The highest BCUT2D eigenvalue weighted by Crippen LogP contribution is 2.50. The first kappa shape index (κ1) is 12.1. The highest BCUT2D eigenvalue weighted by molar-refractivity contribution is 5.76. The first-order valence-electron chi connectivity index (χ1n) is 5.97. The monoisotopic (exact) mass is 237 g/mol. The summed E-state index contributed by atoms with van der Waals surface area (Å²) in [5.74, 6) is -0.412. The van der Waals surface area contributed by atoms with E-state index in [4.69, 9.17) is 10.8 Å². The summed E-state index contributed by atoms with van der Waals surface area (Å²) in [5.41, 5.74) is 6.35. The molecule has 17 heavy (non-hydrogen) atoms. The Morgan fingerprint density at radius 1 is 1.65 bits per heavy atom. The van der Waals surface area contributed by atoms with Gasteiger partial charge in [0, 0.05) is 18.2 Å². The molecule has 2 rings (SSSR count). The fourth-order valence-electron chi connectivity index (χ4n) is 2.24. The molecule has 0 bridgehead atoms. The molecule has 1 unspecified atom stereocenters. The van der Waals surface area contributed by atoms with Crippen LogP contribution in [0.25, 0.3) is 0 Å². The third-order valence-electron chi connectivity index (χ3n) is 3.41. The van der Waals surface area contributed by atoms with Gasteiger partial charge in [-0.15, -0.1) is 0 Å². The van der Waals surface area contributed by atoms with Crippen molar-refractivity contribution < 1.29 is 9.90 Å². The van der Waals surface area contributed by atoms with Crippen LogP contribution in [0.4, 0.5) is 0 Å². The Morgan fingerprint density at radius 3 is 2.76 bits per heavy atom. The lowest BCUT2D eigenvalue weighted by atomic mass is 9.91. The Morgan fingerprint density at radius 2 is 2.29 bits per heavy atom. The quantitative estimate of drug-likeness (QED) is 0.800. The predicted octanol–water partition coefficient (Wildman–Crippen LogP) is 0.983. The third-order valence-corrected chi connectivity index (χ3v) is 3.41. The van der Waals surface area contributed by atoms with Crippen LogP contribution in [-0.2, 0) is 16.8 Å². The molecule has 1 fully saturated rings. The number of hydrogen-bond donors (Lipinski definition) is 2. The average molecular weight is 237 g/mol. The maximum absolute atomic E-state index is 11.0. The molecule has 1 heterocycles. The topological polar surface area (TPSA) is 81.1 Å². The Labute approximate surface area is 101 Å². The molecule has 1 aliphatic carbocycles. The van der Waals surface area contributed by atoms with Gasteiger partial charge in [0.25, 0.3) is 0 Å². The average Bonchev–Trinajstić information content (AvgIpc) is 2.92. The van der Waals surface area contributed by atoms with Gasteiger partial charge in [-0.2, -0.15) is 5.10 Å². The maximum Gasteiger partial charge on any atom is 0.321 e. The van der Waals surface area contributed by atoms with Crippen LogP contribution >= 0.6 is 0 Å². The van der Waals surface area contributed by atoms with Gasteiger partial charge in [0.2, 0.25) is 0 Å². The van der Waals surface area contributed by atoms with E-state index in [1.807, 2.05) is 10.9 Å². The SMILES string of the molecule is CC(C)Cn1cc(C2(C(N)C(=O)O)CC2)cn1. The van der Waals surface area contributed by atoms with Crippen LogP contribution in [0.3, 0.4) is 0 Å². The van der Waals surface area contributed by atoms with Gasteiger partial charge in [-0.25, -0.2) is 0 Å². The normalized spacial score (nSPS) is 19.3. The summed E-state index contributed by atoms with van der Waals surface area (Å²) < 4.78 is 1.87. The zero-order valence-corrected chi connectivity index (χ0v) is 10.3. The third kappa shape index (κ3) is 2.20. The van der Waals surface area contributed by atoms with E-state index in [1.165, 1.54) is 0 Å². The van der Waals surface area contributed by atoms with Gasteiger partial charge in [0.1, 0.15) is 6.04 Å². The summed E-state index contributed by atoms with van der Waals surface area (Å²) in [4.78, 5) is 11.0. The number of carboxylic acids is 1. The van der Waals surface area contributed by atoms with Crippen LogP contribution in [0, 0.1) is 5.92 Å². The summed E-state index contributed by atoms with van der Waals surface area (Å²) in [7, 11) is 0.